The number of ether oxygens (including phenoxy) is 2. The molecule has 0 amide bonds. The van der Waals surface area contributed by atoms with Crippen molar-refractivity contribution in [3.05, 3.63) is 76.0 Å². The van der Waals surface area contributed by atoms with E-state index < -0.39 is 34.9 Å². The fraction of sp³-hybridized carbons (Fsp3) is 0.238. The van der Waals surface area contributed by atoms with Crippen molar-refractivity contribution >= 4 is 29.4 Å². The van der Waals surface area contributed by atoms with Gasteiger partial charge < -0.3 is 9.47 Å². The molecule has 154 valence electrons. The molecule has 0 aromatic heterocycles. The fourth-order valence-corrected chi connectivity index (χ4v) is 4.14. The summed E-state index contributed by atoms with van der Waals surface area (Å²) >= 11 is 0. The van der Waals surface area contributed by atoms with Crippen LogP contribution in [0.4, 0.5) is 11.4 Å². The van der Waals surface area contributed by atoms with Crippen molar-refractivity contribution in [1.29, 1.82) is 0 Å². The molecule has 2 aromatic carbocycles. The van der Waals surface area contributed by atoms with Crippen LogP contribution in [0.15, 0.2) is 54.7 Å². The number of non-ortho nitro benzene ring substituents is 1. The molecule has 1 saturated heterocycles. The molecule has 1 fully saturated rings. The van der Waals surface area contributed by atoms with Crippen molar-refractivity contribution in [2.24, 2.45) is 5.92 Å². The molecular weight excluding hydrogens is 390 g/mol. The maximum Gasteiger partial charge on any atom is 0.331 e. The fourth-order valence-electron chi connectivity index (χ4n) is 4.14. The van der Waals surface area contributed by atoms with Crippen LogP contribution in [-0.2, 0) is 19.1 Å². The average molecular weight is 409 g/mol. The number of esters is 2. The summed E-state index contributed by atoms with van der Waals surface area (Å²) in [5, 5.41) is 14.5. The Hall–Kier alpha value is -3.88. The summed E-state index contributed by atoms with van der Waals surface area (Å²) in [5.41, 5.74) is 2.24. The molecule has 0 spiro atoms. The molecule has 0 saturated carbocycles. The van der Waals surface area contributed by atoms with E-state index in [-0.39, 0.29) is 5.69 Å². The lowest BCUT2D eigenvalue weighted by atomic mass is 9.85. The van der Waals surface area contributed by atoms with Gasteiger partial charge in [-0.2, -0.15) is 0 Å². The van der Waals surface area contributed by atoms with Crippen molar-refractivity contribution in [1.82, 2.24) is 5.01 Å². The zero-order valence-electron chi connectivity index (χ0n) is 16.3. The van der Waals surface area contributed by atoms with Crippen LogP contribution in [0.3, 0.4) is 0 Å². The highest BCUT2D eigenvalue weighted by atomic mass is 16.6. The normalized spacial score (nSPS) is 21.6. The molecule has 2 aliphatic heterocycles. The van der Waals surface area contributed by atoms with Crippen LogP contribution in [0.1, 0.15) is 17.2 Å². The second kappa shape index (κ2) is 7.51. The van der Waals surface area contributed by atoms with E-state index in [4.69, 9.17) is 9.47 Å². The molecule has 3 atom stereocenters. The lowest BCUT2D eigenvalue weighted by molar-refractivity contribution is -0.384. The highest BCUT2D eigenvalue weighted by molar-refractivity contribution is 5.90. The number of nitrogens with zero attached hydrogens (tertiary/aromatic N) is 3. The van der Waals surface area contributed by atoms with Gasteiger partial charge in [0.05, 0.1) is 30.9 Å². The third kappa shape index (κ3) is 2.95. The molecule has 9 heteroatoms. The Bertz CT molecular complexity index is 1040. The van der Waals surface area contributed by atoms with Crippen LogP contribution in [-0.4, -0.2) is 42.1 Å². The smallest absolute Gasteiger partial charge is 0.331 e. The number of hydrazine groups is 1. The maximum atomic E-state index is 12.8. The van der Waals surface area contributed by atoms with Crippen molar-refractivity contribution in [3.63, 3.8) is 0 Å². The number of carbonyl (C=O) groups is 2. The number of fused-ring (bicyclic) bond motifs is 3. The summed E-state index contributed by atoms with van der Waals surface area (Å²) in [4.78, 5) is 36.2. The van der Waals surface area contributed by atoms with E-state index in [1.807, 2.05) is 30.3 Å². The highest BCUT2D eigenvalue weighted by Gasteiger charge is 2.56. The van der Waals surface area contributed by atoms with Gasteiger partial charge in [-0.05, 0) is 29.3 Å². The molecule has 0 N–H and O–H groups in total. The quantitative estimate of drug-likeness (QED) is 0.431. The van der Waals surface area contributed by atoms with Crippen molar-refractivity contribution in [2.75, 3.05) is 19.2 Å². The molecule has 0 aliphatic carbocycles. The zero-order chi connectivity index (χ0) is 21.4. The lowest BCUT2D eigenvalue weighted by Crippen LogP contribution is -2.46. The van der Waals surface area contributed by atoms with Crippen LogP contribution in [0.25, 0.3) is 6.08 Å². The Morgan fingerprint density at radius 1 is 1.00 bits per heavy atom. The summed E-state index contributed by atoms with van der Waals surface area (Å²) in [5.74, 6) is -2.03. The van der Waals surface area contributed by atoms with Crippen molar-refractivity contribution in [3.8, 4) is 0 Å². The van der Waals surface area contributed by atoms with Crippen LogP contribution in [0.5, 0.6) is 0 Å². The first-order valence-electron chi connectivity index (χ1n) is 9.22. The highest BCUT2D eigenvalue weighted by Crippen LogP contribution is 2.48. The molecule has 2 heterocycles. The predicted molar refractivity (Wildman–Crippen MR) is 107 cm³/mol. The van der Waals surface area contributed by atoms with Gasteiger partial charge in [0.15, 0.2) is 6.04 Å². The first kappa shape index (κ1) is 19.4. The van der Waals surface area contributed by atoms with E-state index in [1.54, 1.807) is 28.4 Å². The number of nitro groups is 1. The van der Waals surface area contributed by atoms with Crippen molar-refractivity contribution < 1.29 is 24.0 Å². The van der Waals surface area contributed by atoms with Gasteiger partial charge in [-0.3, -0.25) is 24.9 Å². The number of nitro benzene ring substituents is 1. The van der Waals surface area contributed by atoms with Gasteiger partial charge in [0.1, 0.15) is 5.92 Å². The first-order chi connectivity index (χ1) is 14.5. The number of hydrogen-bond acceptors (Lipinski definition) is 8. The van der Waals surface area contributed by atoms with Crippen LogP contribution < -0.4 is 5.01 Å². The Kier molecular flexibility index (Phi) is 4.86. The lowest BCUT2D eigenvalue weighted by Gasteiger charge is -2.36. The van der Waals surface area contributed by atoms with Crippen molar-refractivity contribution in [2.45, 2.75) is 12.1 Å². The van der Waals surface area contributed by atoms with Gasteiger partial charge in [0, 0.05) is 18.3 Å². The largest absolute Gasteiger partial charge is 0.469 e. The minimum atomic E-state index is -1.01. The third-order valence-electron chi connectivity index (χ3n) is 5.44. The summed E-state index contributed by atoms with van der Waals surface area (Å²) in [6.07, 6.45) is 3.67. The topological polar surface area (TPSA) is 102 Å². The van der Waals surface area contributed by atoms with Gasteiger partial charge in [-0.1, -0.05) is 24.3 Å². The Morgan fingerprint density at radius 3 is 2.30 bits per heavy atom. The summed E-state index contributed by atoms with van der Waals surface area (Å²) in [6, 6.07) is 11.9. The van der Waals surface area contributed by atoms with E-state index in [2.05, 4.69) is 0 Å². The number of methoxy groups -OCH3 is 2. The van der Waals surface area contributed by atoms with Crippen LogP contribution in [0, 0.1) is 16.0 Å². The van der Waals surface area contributed by atoms with E-state index in [9.17, 15) is 19.7 Å². The minimum absolute atomic E-state index is 0.0758. The summed E-state index contributed by atoms with van der Waals surface area (Å²) in [6.45, 7) is 0. The molecule has 30 heavy (non-hydrogen) atoms. The molecule has 0 bridgehead atoms. The maximum absolute atomic E-state index is 12.8. The number of rotatable bonds is 4. The predicted octanol–water partition coefficient (Wildman–Crippen LogP) is 2.69. The van der Waals surface area contributed by atoms with Crippen LogP contribution in [0.2, 0.25) is 0 Å². The second-order valence-corrected chi connectivity index (χ2v) is 6.90. The monoisotopic (exact) mass is 409 g/mol. The zero-order valence-corrected chi connectivity index (χ0v) is 16.3. The standard InChI is InChI=1S/C21H19N3O6/c1-29-20(25)17-18-16-6-4-3-5-13(16)11-12-22(18)23(19(17)21(26)30-2)14-7-9-15(10-8-14)24(27)28/h3-12,17-19H,1-2H3/t17-,18?,19-/m1/s1. The number of hydrogen-bond donors (Lipinski definition) is 0. The van der Waals surface area contributed by atoms with Gasteiger partial charge in [0.2, 0.25) is 0 Å². The SMILES string of the molecule is COC(=O)[C@@H]1C2c3ccccc3C=CN2N(c2ccc([N+](=O)[O-])cc2)[C@H]1C(=O)OC. The third-order valence-corrected chi connectivity index (χ3v) is 5.44. The molecule has 0 radical (unpaired) electrons. The molecule has 9 nitrogen and oxygen atoms in total. The summed E-state index contributed by atoms with van der Waals surface area (Å²) < 4.78 is 10.1. The molecule has 4 rings (SSSR count). The summed E-state index contributed by atoms with van der Waals surface area (Å²) in [7, 11) is 2.53. The van der Waals surface area contributed by atoms with E-state index in [1.165, 1.54) is 26.4 Å². The molecule has 2 aliphatic rings. The van der Waals surface area contributed by atoms with E-state index in [0.29, 0.717) is 5.69 Å². The Labute approximate surface area is 172 Å². The van der Waals surface area contributed by atoms with Gasteiger partial charge in [-0.15, -0.1) is 0 Å². The number of carbonyl (C=O) groups excluding carboxylic acids is 2. The minimum Gasteiger partial charge on any atom is -0.469 e. The Morgan fingerprint density at radius 2 is 1.67 bits per heavy atom. The van der Waals surface area contributed by atoms with E-state index in [0.717, 1.165) is 11.1 Å². The van der Waals surface area contributed by atoms with Gasteiger partial charge in [-0.25, -0.2) is 4.79 Å². The van der Waals surface area contributed by atoms with Gasteiger partial charge >= 0.3 is 11.9 Å². The van der Waals surface area contributed by atoms with E-state index >= 15 is 0 Å². The van der Waals surface area contributed by atoms with Gasteiger partial charge in [0.25, 0.3) is 5.69 Å². The molecular formula is C21H19N3O6. The second-order valence-electron chi connectivity index (χ2n) is 6.90. The average Bonchev–Trinajstić information content (AvgIpc) is 3.13. The Balaban J connectivity index is 1.89. The number of anilines is 1. The molecule has 1 unspecified atom stereocenters. The number of benzene rings is 2. The van der Waals surface area contributed by atoms with Crippen LogP contribution >= 0.6 is 0 Å². The molecule has 2 aromatic rings. The first-order valence-corrected chi connectivity index (χ1v) is 9.22.